The highest BCUT2D eigenvalue weighted by atomic mass is 16.1. The van der Waals surface area contributed by atoms with Gasteiger partial charge in [-0.3, -0.25) is 15.2 Å². The molecule has 0 radical (unpaired) electrons. The molecule has 0 fully saturated rings. The van der Waals surface area contributed by atoms with E-state index in [1.807, 2.05) is 0 Å². The molecule has 0 aliphatic heterocycles. The SMILES string of the molecule is Cc1[nH]ncc1C(=O)Nc1ncnn1C. The number of anilines is 1. The van der Waals surface area contributed by atoms with Crippen molar-refractivity contribution in [2.45, 2.75) is 6.92 Å². The number of H-pyrrole nitrogens is 1. The van der Waals surface area contributed by atoms with Crippen LogP contribution >= 0.6 is 0 Å². The lowest BCUT2D eigenvalue weighted by Crippen LogP contribution is -2.15. The zero-order valence-corrected chi connectivity index (χ0v) is 8.35. The van der Waals surface area contributed by atoms with Gasteiger partial charge in [-0.1, -0.05) is 0 Å². The van der Waals surface area contributed by atoms with Gasteiger partial charge < -0.3 is 0 Å². The second kappa shape index (κ2) is 3.52. The van der Waals surface area contributed by atoms with Crippen molar-refractivity contribution in [3.63, 3.8) is 0 Å². The van der Waals surface area contributed by atoms with Crippen LogP contribution < -0.4 is 5.32 Å². The molecule has 7 nitrogen and oxygen atoms in total. The van der Waals surface area contributed by atoms with E-state index in [9.17, 15) is 4.79 Å². The van der Waals surface area contributed by atoms with Gasteiger partial charge in [0.1, 0.15) is 6.33 Å². The fourth-order valence-electron chi connectivity index (χ4n) is 1.16. The number of carbonyl (C=O) groups excluding carboxylic acids is 1. The number of aromatic nitrogens is 5. The molecule has 78 valence electrons. The molecular formula is C8H10N6O. The van der Waals surface area contributed by atoms with Crippen LogP contribution in [0.2, 0.25) is 0 Å². The Morgan fingerprint density at radius 1 is 1.60 bits per heavy atom. The summed E-state index contributed by atoms with van der Waals surface area (Å²) < 4.78 is 1.48. The minimum Gasteiger partial charge on any atom is -0.290 e. The van der Waals surface area contributed by atoms with Gasteiger partial charge >= 0.3 is 0 Å². The Kier molecular flexibility index (Phi) is 2.20. The summed E-state index contributed by atoms with van der Waals surface area (Å²) in [6.07, 6.45) is 2.85. The number of carbonyl (C=O) groups is 1. The summed E-state index contributed by atoms with van der Waals surface area (Å²) >= 11 is 0. The second-order valence-electron chi connectivity index (χ2n) is 3.07. The second-order valence-corrected chi connectivity index (χ2v) is 3.07. The Morgan fingerprint density at radius 3 is 2.93 bits per heavy atom. The molecule has 0 saturated carbocycles. The van der Waals surface area contributed by atoms with Gasteiger partial charge in [0.25, 0.3) is 5.91 Å². The van der Waals surface area contributed by atoms with Crippen LogP contribution in [0.4, 0.5) is 5.95 Å². The summed E-state index contributed by atoms with van der Waals surface area (Å²) in [6, 6.07) is 0. The van der Waals surface area contributed by atoms with Gasteiger partial charge in [-0.25, -0.2) is 4.68 Å². The Bertz CT molecular complexity index is 485. The molecule has 1 amide bonds. The first-order valence-electron chi connectivity index (χ1n) is 4.34. The Balaban J connectivity index is 2.18. The van der Waals surface area contributed by atoms with E-state index in [4.69, 9.17) is 0 Å². The summed E-state index contributed by atoms with van der Waals surface area (Å²) in [4.78, 5) is 15.6. The summed E-state index contributed by atoms with van der Waals surface area (Å²) in [5.74, 6) is 0.151. The smallest absolute Gasteiger partial charge is 0.261 e. The van der Waals surface area contributed by atoms with Crippen LogP contribution in [-0.2, 0) is 7.05 Å². The average molecular weight is 206 g/mol. The Hall–Kier alpha value is -2.18. The Labute approximate surface area is 85.5 Å². The molecule has 2 aromatic heterocycles. The molecule has 0 aliphatic rings. The third kappa shape index (κ3) is 1.71. The van der Waals surface area contributed by atoms with Crippen molar-refractivity contribution < 1.29 is 4.79 Å². The number of hydrogen-bond acceptors (Lipinski definition) is 4. The third-order valence-electron chi connectivity index (χ3n) is 2.01. The van der Waals surface area contributed by atoms with Crippen LogP contribution in [0.1, 0.15) is 16.1 Å². The standard InChI is InChI=1S/C8H10N6O/c1-5-6(3-10-13-5)7(15)12-8-9-4-11-14(8)2/h3-4H,1-2H3,(H,10,13)(H,9,11,12,15). The monoisotopic (exact) mass is 206 g/mol. The van der Waals surface area contributed by atoms with Crippen molar-refractivity contribution in [3.8, 4) is 0 Å². The van der Waals surface area contributed by atoms with E-state index >= 15 is 0 Å². The quantitative estimate of drug-likeness (QED) is 0.729. The van der Waals surface area contributed by atoms with E-state index < -0.39 is 0 Å². The molecule has 15 heavy (non-hydrogen) atoms. The summed E-state index contributed by atoms with van der Waals surface area (Å²) in [7, 11) is 1.70. The maximum atomic E-state index is 11.7. The zero-order valence-electron chi connectivity index (χ0n) is 8.35. The van der Waals surface area contributed by atoms with E-state index in [-0.39, 0.29) is 5.91 Å². The first-order chi connectivity index (χ1) is 7.18. The number of hydrogen-bond donors (Lipinski definition) is 2. The fourth-order valence-corrected chi connectivity index (χ4v) is 1.16. The third-order valence-corrected chi connectivity index (χ3v) is 2.01. The van der Waals surface area contributed by atoms with Crippen molar-refractivity contribution in [2.24, 2.45) is 7.05 Å². The minimum atomic E-state index is -0.252. The zero-order chi connectivity index (χ0) is 10.8. The predicted molar refractivity (Wildman–Crippen MR) is 52.3 cm³/mol. The van der Waals surface area contributed by atoms with Crippen LogP contribution in [0, 0.1) is 6.92 Å². The molecule has 7 heteroatoms. The first kappa shape index (κ1) is 9.38. The molecule has 2 aromatic rings. The van der Waals surface area contributed by atoms with E-state index in [0.717, 1.165) is 5.69 Å². The van der Waals surface area contributed by atoms with Crippen LogP contribution in [0.25, 0.3) is 0 Å². The van der Waals surface area contributed by atoms with Gasteiger partial charge in [-0.15, -0.1) is 0 Å². The topological polar surface area (TPSA) is 88.5 Å². The maximum Gasteiger partial charge on any atom is 0.261 e. The summed E-state index contributed by atoms with van der Waals surface area (Å²) in [5, 5.41) is 12.9. The van der Waals surface area contributed by atoms with Gasteiger partial charge in [-0.2, -0.15) is 15.2 Å². The van der Waals surface area contributed by atoms with Crippen molar-refractivity contribution in [1.29, 1.82) is 0 Å². The molecule has 0 saturated heterocycles. The van der Waals surface area contributed by atoms with E-state index in [2.05, 4.69) is 25.6 Å². The lowest BCUT2D eigenvalue weighted by molar-refractivity contribution is 0.102. The van der Waals surface area contributed by atoms with Gasteiger partial charge in [0.15, 0.2) is 0 Å². The fraction of sp³-hybridized carbons (Fsp3) is 0.250. The van der Waals surface area contributed by atoms with Crippen molar-refractivity contribution in [1.82, 2.24) is 25.0 Å². The normalized spacial score (nSPS) is 10.3. The molecule has 0 bridgehead atoms. The lowest BCUT2D eigenvalue weighted by atomic mass is 10.2. The van der Waals surface area contributed by atoms with Gasteiger partial charge in [0.05, 0.1) is 11.8 Å². The molecule has 0 aliphatic carbocycles. The predicted octanol–water partition coefficient (Wildman–Crippen LogP) is 0.0989. The lowest BCUT2D eigenvalue weighted by Gasteiger charge is -2.01. The van der Waals surface area contributed by atoms with E-state index in [1.165, 1.54) is 17.2 Å². The molecule has 0 spiro atoms. The molecule has 2 heterocycles. The first-order valence-corrected chi connectivity index (χ1v) is 4.34. The van der Waals surface area contributed by atoms with Crippen molar-refractivity contribution in [3.05, 3.63) is 23.8 Å². The highest BCUT2D eigenvalue weighted by molar-refractivity contribution is 6.03. The summed E-state index contributed by atoms with van der Waals surface area (Å²) in [5.41, 5.74) is 1.22. The van der Waals surface area contributed by atoms with E-state index in [0.29, 0.717) is 11.5 Å². The molecule has 2 rings (SSSR count). The Morgan fingerprint density at radius 2 is 2.40 bits per heavy atom. The van der Waals surface area contributed by atoms with Gasteiger partial charge in [0, 0.05) is 12.7 Å². The number of aromatic amines is 1. The van der Waals surface area contributed by atoms with E-state index in [1.54, 1.807) is 14.0 Å². The highest BCUT2D eigenvalue weighted by Crippen LogP contribution is 2.06. The summed E-state index contributed by atoms with van der Waals surface area (Å²) in [6.45, 7) is 1.78. The molecule has 0 atom stereocenters. The number of rotatable bonds is 2. The molecule has 0 aromatic carbocycles. The van der Waals surface area contributed by atoms with Crippen LogP contribution in [0.3, 0.4) is 0 Å². The van der Waals surface area contributed by atoms with Crippen LogP contribution in [0.15, 0.2) is 12.5 Å². The van der Waals surface area contributed by atoms with Crippen molar-refractivity contribution >= 4 is 11.9 Å². The number of nitrogens with zero attached hydrogens (tertiary/aromatic N) is 4. The minimum absolute atomic E-state index is 0.252. The van der Waals surface area contributed by atoms with Crippen molar-refractivity contribution in [2.75, 3.05) is 5.32 Å². The van der Waals surface area contributed by atoms with Gasteiger partial charge in [-0.05, 0) is 6.92 Å². The maximum absolute atomic E-state index is 11.7. The molecular weight excluding hydrogens is 196 g/mol. The number of aryl methyl sites for hydroxylation is 2. The van der Waals surface area contributed by atoms with Crippen LogP contribution in [0.5, 0.6) is 0 Å². The number of amides is 1. The molecule has 0 unspecified atom stereocenters. The van der Waals surface area contributed by atoms with Crippen LogP contribution in [-0.4, -0.2) is 30.9 Å². The van der Waals surface area contributed by atoms with Gasteiger partial charge in [0.2, 0.25) is 5.95 Å². The largest absolute Gasteiger partial charge is 0.290 e. The number of nitrogens with one attached hydrogen (secondary N) is 2. The highest BCUT2D eigenvalue weighted by Gasteiger charge is 2.12. The average Bonchev–Trinajstić information content (AvgIpc) is 2.76. The molecule has 2 N–H and O–H groups in total.